The molecule has 0 aliphatic heterocycles. The van der Waals surface area contributed by atoms with E-state index in [1.54, 1.807) is 31.5 Å². The summed E-state index contributed by atoms with van der Waals surface area (Å²) in [5.74, 6) is 0.545. The highest BCUT2D eigenvalue weighted by Crippen LogP contribution is 2.18. The summed E-state index contributed by atoms with van der Waals surface area (Å²) in [6.45, 7) is 2.24. The van der Waals surface area contributed by atoms with E-state index >= 15 is 0 Å². The normalized spacial score (nSPS) is 10.4. The lowest BCUT2D eigenvalue weighted by Crippen LogP contribution is -2.07. The van der Waals surface area contributed by atoms with E-state index in [4.69, 9.17) is 4.74 Å². The van der Waals surface area contributed by atoms with Crippen molar-refractivity contribution in [2.45, 2.75) is 13.5 Å². The van der Waals surface area contributed by atoms with Gasteiger partial charge in [-0.1, -0.05) is 18.2 Å². The smallest absolute Gasteiger partial charge is 0.248 e. The van der Waals surface area contributed by atoms with Gasteiger partial charge in [0.05, 0.1) is 0 Å². The number of amides is 1. The summed E-state index contributed by atoms with van der Waals surface area (Å²) in [6, 6.07) is 11.1. The molecule has 0 unspecified atom stereocenters. The lowest BCUT2D eigenvalue weighted by Gasteiger charge is -2.08. The van der Waals surface area contributed by atoms with Gasteiger partial charge in [-0.25, -0.2) is 0 Å². The van der Waals surface area contributed by atoms with Gasteiger partial charge in [0.15, 0.2) is 0 Å². The quantitative estimate of drug-likeness (QED) is 0.847. The van der Waals surface area contributed by atoms with Gasteiger partial charge in [0, 0.05) is 29.7 Å². The summed E-state index contributed by atoms with van der Waals surface area (Å²) in [7, 11) is 0. The van der Waals surface area contributed by atoms with Crippen molar-refractivity contribution in [2.75, 3.05) is 5.32 Å². The number of carbonyl (C=O) groups excluding carboxylic acids is 1. The Morgan fingerprint density at radius 2 is 2.25 bits per heavy atom. The summed E-state index contributed by atoms with van der Waals surface area (Å²) in [5.41, 5.74) is 1.70. The number of hydrogen-bond acceptors (Lipinski definition) is 3. The Hall–Kier alpha value is -2.62. The molecule has 2 aromatic rings. The van der Waals surface area contributed by atoms with Crippen LogP contribution in [-0.4, -0.2) is 10.9 Å². The number of nitrogens with zero attached hydrogens (tertiary/aromatic N) is 1. The van der Waals surface area contributed by atoms with E-state index in [9.17, 15) is 4.79 Å². The third kappa shape index (κ3) is 4.24. The number of benzene rings is 1. The van der Waals surface area contributed by atoms with Gasteiger partial charge >= 0.3 is 0 Å². The van der Waals surface area contributed by atoms with E-state index in [1.165, 1.54) is 6.08 Å². The molecule has 1 aromatic carbocycles. The van der Waals surface area contributed by atoms with Crippen LogP contribution < -0.4 is 10.1 Å². The molecule has 20 heavy (non-hydrogen) atoms. The number of nitrogens with one attached hydrogen (secondary N) is 1. The maximum Gasteiger partial charge on any atom is 0.248 e. The van der Waals surface area contributed by atoms with Crippen LogP contribution >= 0.6 is 0 Å². The minimum absolute atomic E-state index is 0.156. The van der Waals surface area contributed by atoms with Crippen LogP contribution in [0.15, 0.2) is 60.9 Å². The third-order valence-corrected chi connectivity index (χ3v) is 2.55. The SMILES string of the molecule is C/C=C/C(=O)Nc1cccc(OCc2cccnc2)c1. The summed E-state index contributed by atoms with van der Waals surface area (Å²) in [5, 5.41) is 2.76. The average molecular weight is 268 g/mol. The summed E-state index contributed by atoms with van der Waals surface area (Å²) in [6.07, 6.45) is 6.65. The van der Waals surface area contributed by atoms with Crippen molar-refractivity contribution < 1.29 is 9.53 Å². The first kappa shape index (κ1) is 13.8. The molecule has 4 heteroatoms. The Labute approximate surface area is 118 Å². The second kappa shape index (κ2) is 7.09. The lowest BCUT2D eigenvalue weighted by atomic mass is 10.3. The Bertz CT molecular complexity index is 594. The van der Waals surface area contributed by atoms with Gasteiger partial charge in [0.2, 0.25) is 5.91 Å². The molecule has 2 rings (SSSR count). The summed E-state index contributed by atoms with van der Waals surface area (Å²) >= 11 is 0. The van der Waals surface area contributed by atoms with Crippen molar-refractivity contribution in [2.24, 2.45) is 0 Å². The van der Waals surface area contributed by atoms with Crippen molar-refractivity contribution in [1.82, 2.24) is 4.98 Å². The van der Waals surface area contributed by atoms with Crippen molar-refractivity contribution in [3.05, 3.63) is 66.5 Å². The Morgan fingerprint density at radius 1 is 1.35 bits per heavy atom. The third-order valence-electron chi connectivity index (χ3n) is 2.55. The van der Waals surface area contributed by atoms with Gasteiger partial charge in [-0.05, 0) is 31.2 Å². The standard InChI is InChI=1S/C16H16N2O2/c1-2-5-16(19)18-14-7-3-8-15(10-14)20-12-13-6-4-9-17-11-13/h2-11H,12H2,1H3,(H,18,19)/b5-2+. The second-order valence-electron chi connectivity index (χ2n) is 4.17. The first-order valence-corrected chi connectivity index (χ1v) is 6.33. The van der Waals surface area contributed by atoms with Crippen LogP contribution in [0.5, 0.6) is 5.75 Å². The zero-order chi connectivity index (χ0) is 14.2. The Kier molecular flexibility index (Phi) is 4.89. The Morgan fingerprint density at radius 3 is 3.00 bits per heavy atom. The minimum atomic E-state index is -0.156. The Balaban J connectivity index is 1.97. The molecule has 4 nitrogen and oxygen atoms in total. The van der Waals surface area contributed by atoms with Crippen molar-refractivity contribution >= 4 is 11.6 Å². The fourth-order valence-electron chi connectivity index (χ4n) is 1.65. The number of pyridine rings is 1. The van der Waals surface area contributed by atoms with E-state index in [0.29, 0.717) is 18.0 Å². The van der Waals surface area contributed by atoms with Crippen LogP contribution in [0.25, 0.3) is 0 Å². The van der Waals surface area contributed by atoms with E-state index in [-0.39, 0.29) is 5.91 Å². The van der Waals surface area contributed by atoms with Crippen molar-refractivity contribution in [3.8, 4) is 5.75 Å². The largest absolute Gasteiger partial charge is 0.489 e. The fourth-order valence-corrected chi connectivity index (χ4v) is 1.65. The summed E-state index contributed by atoms with van der Waals surface area (Å²) in [4.78, 5) is 15.5. The molecular weight excluding hydrogens is 252 g/mol. The average Bonchev–Trinajstić information content (AvgIpc) is 2.47. The first-order valence-electron chi connectivity index (χ1n) is 6.33. The van der Waals surface area contributed by atoms with Crippen LogP contribution in [0.1, 0.15) is 12.5 Å². The predicted octanol–water partition coefficient (Wildman–Crippen LogP) is 3.18. The molecule has 0 aliphatic carbocycles. The van der Waals surface area contributed by atoms with Crippen LogP contribution in [0.2, 0.25) is 0 Å². The van der Waals surface area contributed by atoms with Crippen molar-refractivity contribution in [1.29, 1.82) is 0 Å². The van der Waals surface area contributed by atoms with Crippen LogP contribution in [0.3, 0.4) is 0 Å². The molecule has 1 heterocycles. The number of aromatic nitrogens is 1. The number of allylic oxidation sites excluding steroid dienone is 1. The van der Waals surface area contributed by atoms with Gasteiger partial charge < -0.3 is 10.1 Å². The summed E-state index contributed by atoms with van der Waals surface area (Å²) < 4.78 is 5.66. The highest BCUT2D eigenvalue weighted by molar-refractivity contribution is 5.99. The first-order chi connectivity index (χ1) is 9.78. The molecule has 0 radical (unpaired) electrons. The molecule has 0 saturated carbocycles. The second-order valence-corrected chi connectivity index (χ2v) is 4.17. The molecule has 0 fully saturated rings. The molecule has 1 aromatic heterocycles. The molecule has 0 saturated heterocycles. The van der Waals surface area contributed by atoms with Crippen LogP contribution in [0, 0.1) is 0 Å². The minimum Gasteiger partial charge on any atom is -0.489 e. The molecule has 0 bridgehead atoms. The molecule has 0 atom stereocenters. The van der Waals surface area contributed by atoms with Gasteiger partial charge in [0.25, 0.3) is 0 Å². The molecule has 102 valence electrons. The number of ether oxygens (including phenoxy) is 1. The molecule has 1 N–H and O–H groups in total. The lowest BCUT2D eigenvalue weighted by molar-refractivity contribution is -0.111. The number of hydrogen-bond donors (Lipinski definition) is 1. The van der Waals surface area contributed by atoms with E-state index in [2.05, 4.69) is 10.3 Å². The van der Waals surface area contributed by atoms with Gasteiger partial charge in [-0.3, -0.25) is 9.78 Å². The molecule has 0 aliphatic rings. The zero-order valence-electron chi connectivity index (χ0n) is 11.2. The predicted molar refractivity (Wildman–Crippen MR) is 78.5 cm³/mol. The number of anilines is 1. The van der Waals surface area contributed by atoms with Crippen LogP contribution in [-0.2, 0) is 11.4 Å². The maximum atomic E-state index is 11.5. The highest BCUT2D eigenvalue weighted by atomic mass is 16.5. The van der Waals surface area contributed by atoms with E-state index in [1.807, 2.05) is 30.3 Å². The maximum absolute atomic E-state index is 11.5. The monoisotopic (exact) mass is 268 g/mol. The fraction of sp³-hybridized carbons (Fsp3) is 0.125. The molecule has 0 spiro atoms. The van der Waals surface area contributed by atoms with Gasteiger partial charge in [-0.15, -0.1) is 0 Å². The van der Waals surface area contributed by atoms with Crippen molar-refractivity contribution in [3.63, 3.8) is 0 Å². The topological polar surface area (TPSA) is 51.2 Å². The number of rotatable bonds is 5. The molecule has 1 amide bonds. The van der Waals surface area contributed by atoms with E-state index < -0.39 is 0 Å². The highest BCUT2D eigenvalue weighted by Gasteiger charge is 2.00. The van der Waals surface area contributed by atoms with E-state index in [0.717, 1.165) is 5.56 Å². The molecular formula is C16H16N2O2. The van der Waals surface area contributed by atoms with Gasteiger partial charge in [0.1, 0.15) is 12.4 Å². The number of carbonyl (C=O) groups is 1. The van der Waals surface area contributed by atoms with Crippen LogP contribution in [0.4, 0.5) is 5.69 Å². The zero-order valence-corrected chi connectivity index (χ0v) is 11.2. The van der Waals surface area contributed by atoms with Gasteiger partial charge in [-0.2, -0.15) is 0 Å².